The van der Waals surface area contributed by atoms with E-state index in [9.17, 15) is 15.0 Å². The quantitative estimate of drug-likeness (QED) is 0.787. The second-order valence-corrected chi connectivity index (χ2v) is 4.51. The number of hydrogen-bond acceptors (Lipinski definition) is 5. The van der Waals surface area contributed by atoms with Crippen LogP contribution in [0.25, 0.3) is 0 Å². The minimum absolute atomic E-state index is 0.0719. The molecule has 0 radical (unpaired) electrons. The summed E-state index contributed by atoms with van der Waals surface area (Å²) in [4.78, 5) is 12.1. The Hall–Kier alpha value is -2.89. The minimum Gasteiger partial charge on any atom is -0.508 e. The molecule has 1 aliphatic heterocycles. The normalized spacial score (nSPS) is 12.8. The van der Waals surface area contributed by atoms with Crippen LogP contribution in [0.4, 0.5) is 5.69 Å². The molecule has 0 bridgehead atoms. The molecule has 6 heteroatoms. The lowest BCUT2D eigenvalue weighted by Gasteiger charge is -2.19. The molecule has 2 aromatic rings. The van der Waals surface area contributed by atoms with Crippen LogP contribution in [0.15, 0.2) is 36.4 Å². The van der Waals surface area contributed by atoms with E-state index < -0.39 is 5.91 Å². The maximum atomic E-state index is 12.1. The Kier molecular flexibility index (Phi) is 3.27. The van der Waals surface area contributed by atoms with Gasteiger partial charge in [0.05, 0.1) is 5.56 Å². The summed E-state index contributed by atoms with van der Waals surface area (Å²) in [6.45, 7) is 0.962. The Labute approximate surface area is 120 Å². The van der Waals surface area contributed by atoms with E-state index in [0.29, 0.717) is 30.4 Å². The molecule has 0 aromatic heterocycles. The first-order valence-electron chi connectivity index (χ1n) is 6.36. The van der Waals surface area contributed by atoms with Gasteiger partial charge in [0.15, 0.2) is 11.5 Å². The summed E-state index contributed by atoms with van der Waals surface area (Å²) in [5.41, 5.74) is 0.597. The van der Waals surface area contributed by atoms with Gasteiger partial charge in [-0.25, -0.2) is 0 Å². The summed E-state index contributed by atoms with van der Waals surface area (Å²) >= 11 is 0. The Morgan fingerprint density at radius 3 is 2.52 bits per heavy atom. The number of carbonyl (C=O) groups excluding carboxylic acids is 1. The van der Waals surface area contributed by atoms with Gasteiger partial charge in [-0.1, -0.05) is 0 Å². The molecule has 0 fully saturated rings. The SMILES string of the molecule is O=C(Nc1ccc2c(c1)OCCO2)c1ccc(O)cc1O. The largest absolute Gasteiger partial charge is 0.508 e. The zero-order chi connectivity index (χ0) is 14.8. The highest BCUT2D eigenvalue weighted by Gasteiger charge is 2.15. The summed E-state index contributed by atoms with van der Waals surface area (Å²) in [7, 11) is 0. The minimum atomic E-state index is -0.482. The van der Waals surface area contributed by atoms with Gasteiger partial charge in [0.25, 0.3) is 5.91 Å². The summed E-state index contributed by atoms with van der Waals surface area (Å²) in [5, 5.41) is 21.5. The van der Waals surface area contributed by atoms with E-state index in [1.165, 1.54) is 12.1 Å². The second-order valence-electron chi connectivity index (χ2n) is 4.51. The number of amides is 1. The third kappa shape index (κ3) is 2.69. The number of ether oxygens (including phenoxy) is 2. The molecule has 2 aromatic carbocycles. The molecule has 0 saturated heterocycles. The molecular weight excluding hydrogens is 274 g/mol. The van der Waals surface area contributed by atoms with Gasteiger partial charge in [0.1, 0.15) is 24.7 Å². The molecule has 1 heterocycles. The predicted molar refractivity (Wildman–Crippen MR) is 75.2 cm³/mol. The van der Waals surface area contributed by atoms with Gasteiger partial charge in [-0.05, 0) is 24.3 Å². The van der Waals surface area contributed by atoms with Crippen molar-refractivity contribution < 1.29 is 24.5 Å². The Morgan fingerprint density at radius 2 is 1.76 bits per heavy atom. The average Bonchev–Trinajstić information content (AvgIpc) is 2.47. The van der Waals surface area contributed by atoms with Crippen molar-refractivity contribution in [1.29, 1.82) is 0 Å². The van der Waals surface area contributed by atoms with E-state index >= 15 is 0 Å². The average molecular weight is 287 g/mol. The fourth-order valence-corrected chi connectivity index (χ4v) is 2.03. The topological polar surface area (TPSA) is 88.0 Å². The number of carbonyl (C=O) groups is 1. The highest BCUT2D eigenvalue weighted by Crippen LogP contribution is 2.33. The number of aromatic hydroxyl groups is 2. The number of phenolic OH excluding ortho intramolecular Hbond substituents is 2. The van der Waals surface area contributed by atoms with Crippen molar-refractivity contribution >= 4 is 11.6 Å². The van der Waals surface area contributed by atoms with Crippen molar-refractivity contribution in [3.05, 3.63) is 42.0 Å². The molecule has 21 heavy (non-hydrogen) atoms. The molecule has 3 rings (SSSR count). The van der Waals surface area contributed by atoms with Gasteiger partial charge < -0.3 is 25.0 Å². The molecular formula is C15H13NO5. The summed E-state index contributed by atoms with van der Waals surface area (Å²) in [6.07, 6.45) is 0. The molecule has 0 aliphatic carbocycles. The first-order chi connectivity index (χ1) is 10.1. The predicted octanol–water partition coefficient (Wildman–Crippen LogP) is 2.12. The van der Waals surface area contributed by atoms with Gasteiger partial charge in [-0.2, -0.15) is 0 Å². The van der Waals surface area contributed by atoms with E-state index in [1.807, 2.05) is 0 Å². The van der Waals surface area contributed by atoms with Crippen molar-refractivity contribution in [3.8, 4) is 23.0 Å². The molecule has 108 valence electrons. The van der Waals surface area contributed by atoms with Crippen LogP contribution in [-0.4, -0.2) is 29.3 Å². The van der Waals surface area contributed by atoms with Crippen molar-refractivity contribution in [2.24, 2.45) is 0 Å². The number of hydrogen-bond donors (Lipinski definition) is 3. The standard InChI is InChI=1S/C15H13NO5/c17-10-2-3-11(12(18)8-10)15(19)16-9-1-4-13-14(7-9)21-6-5-20-13/h1-4,7-8,17-18H,5-6H2,(H,16,19). The summed E-state index contributed by atoms with van der Waals surface area (Å²) < 4.78 is 10.8. The van der Waals surface area contributed by atoms with Gasteiger partial charge >= 0.3 is 0 Å². The van der Waals surface area contributed by atoms with Crippen LogP contribution < -0.4 is 14.8 Å². The number of rotatable bonds is 2. The molecule has 3 N–H and O–H groups in total. The van der Waals surface area contributed by atoms with Crippen molar-refractivity contribution in [1.82, 2.24) is 0 Å². The van der Waals surface area contributed by atoms with Gasteiger partial charge in [-0.15, -0.1) is 0 Å². The molecule has 1 aliphatic rings. The fraction of sp³-hybridized carbons (Fsp3) is 0.133. The van der Waals surface area contributed by atoms with Gasteiger partial charge in [0.2, 0.25) is 0 Å². The number of nitrogens with one attached hydrogen (secondary N) is 1. The molecule has 0 saturated carbocycles. The number of phenols is 2. The van der Waals surface area contributed by atoms with Crippen LogP contribution in [0.1, 0.15) is 10.4 Å². The van der Waals surface area contributed by atoms with Crippen LogP contribution in [-0.2, 0) is 0 Å². The van der Waals surface area contributed by atoms with Gasteiger partial charge in [-0.3, -0.25) is 4.79 Å². The van der Waals surface area contributed by atoms with Crippen LogP contribution in [0, 0.1) is 0 Å². The Bertz CT molecular complexity index is 698. The maximum Gasteiger partial charge on any atom is 0.259 e. The maximum absolute atomic E-state index is 12.1. The zero-order valence-electron chi connectivity index (χ0n) is 11.0. The summed E-state index contributed by atoms with van der Waals surface area (Å²) in [6, 6.07) is 8.84. The first kappa shape index (κ1) is 13.1. The lowest BCUT2D eigenvalue weighted by molar-refractivity contribution is 0.102. The second kappa shape index (κ2) is 5.24. The first-order valence-corrected chi connectivity index (χ1v) is 6.36. The summed E-state index contributed by atoms with van der Waals surface area (Å²) in [5.74, 6) is 0.318. The number of fused-ring (bicyclic) bond motifs is 1. The monoisotopic (exact) mass is 287 g/mol. The number of anilines is 1. The molecule has 0 spiro atoms. The van der Waals surface area contributed by atoms with Crippen LogP contribution in [0.2, 0.25) is 0 Å². The Morgan fingerprint density at radius 1 is 1.00 bits per heavy atom. The van der Waals surface area contributed by atoms with Gasteiger partial charge in [0, 0.05) is 17.8 Å². The highest BCUT2D eigenvalue weighted by molar-refractivity contribution is 6.06. The van der Waals surface area contributed by atoms with Crippen LogP contribution >= 0.6 is 0 Å². The lowest BCUT2D eigenvalue weighted by Crippen LogP contribution is -2.16. The molecule has 0 atom stereocenters. The lowest BCUT2D eigenvalue weighted by atomic mass is 10.1. The van der Waals surface area contributed by atoms with E-state index in [4.69, 9.17) is 9.47 Å². The highest BCUT2D eigenvalue weighted by atomic mass is 16.6. The number of benzene rings is 2. The third-order valence-corrected chi connectivity index (χ3v) is 3.03. The Balaban J connectivity index is 1.81. The molecule has 1 amide bonds. The van der Waals surface area contributed by atoms with Crippen molar-refractivity contribution in [3.63, 3.8) is 0 Å². The van der Waals surface area contributed by atoms with Crippen molar-refractivity contribution in [2.45, 2.75) is 0 Å². The van der Waals surface area contributed by atoms with E-state index in [1.54, 1.807) is 18.2 Å². The fourth-order valence-electron chi connectivity index (χ4n) is 2.03. The van der Waals surface area contributed by atoms with Crippen LogP contribution in [0.3, 0.4) is 0 Å². The van der Waals surface area contributed by atoms with E-state index in [0.717, 1.165) is 6.07 Å². The smallest absolute Gasteiger partial charge is 0.259 e. The molecule has 0 unspecified atom stereocenters. The van der Waals surface area contributed by atoms with Crippen molar-refractivity contribution in [2.75, 3.05) is 18.5 Å². The zero-order valence-corrected chi connectivity index (χ0v) is 11.0. The van der Waals surface area contributed by atoms with Crippen LogP contribution in [0.5, 0.6) is 23.0 Å². The molecule has 6 nitrogen and oxygen atoms in total. The van der Waals surface area contributed by atoms with E-state index in [-0.39, 0.29) is 17.1 Å². The van der Waals surface area contributed by atoms with E-state index in [2.05, 4.69) is 5.32 Å². The third-order valence-electron chi connectivity index (χ3n) is 3.03.